The summed E-state index contributed by atoms with van der Waals surface area (Å²) in [5, 5.41) is 6.13. The van der Waals surface area contributed by atoms with Gasteiger partial charge in [-0.25, -0.2) is 4.98 Å². The minimum Gasteiger partial charge on any atom is -0.340 e. The third kappa shape index (κ3) is 4.66. The van der Waals surface area contributed by atoms with E-state index in [4.69, 9.17) is 0 Å². The summed E-state index contributed by atoms with van der Waals surface area (Å²) in [5.74, 6) is 0.961. The highest BCUT2D eigenvalue weighted by Gasteiger charge is 2.21. The quantitative estimate of drug-likeness (QED) is 0.785. The van der Waals surface area contributed by atoms with Gasteiger partial charge in [-0.05, 0) is 56.2 Å². The van der Waals surface area contributed by atoms with Crippen molar-refractivity contribution in [2.75, 3.05) is 10.6 Å². The van der Waals surface area contributed by atoms with Gasteiger partial charge < -0.3 is 10.6 Å². The first kappa shape index (κ1) is 17.1. The summed E-state index contributed by atoms with van der Waals surface area (Å²) in [4.78, 5) is 27.9. The molecule has 0 bridgehead atoms. The molecular formula is C20H23N3O2. The smallest absolute Gasteiger partial charge is 0.227 e. The number of benzene rings is 1. The molecule has 2 N–H and O–H groups in total. The lowest BCUT2D eigenvalue weighted by molar-refractivity contribution is -0.120. The fraction of sp³-hybridized carbons (Fsp3) is 0.350. The molecule has 25 heavy (non-hydrogen) atoms. The number of nitrogens with zero attached hydrogens (tertiary/aromatic N) is 1. The van der Waals surface area contributed by atoms with Gasteiger partial charge in [0.2, 0.25) is 5.91 Å². The summed E-state index contributed by atoms with van der Waals surface area (Å²) < 4.78 is 0. The van der Waals surface area contributed by atoms with E-state index in [1.54, 1.807) is 25.3 Å². The molecule has 0 spiro atoms. The molecule has 0 radical (unpaired) electrons. The van der Waals surface area contributed by atoms with Crippen LogP contribution in [0, 0.1) is 5.92 Å². The van der Waals surface area contributed by atoms with E-state index in [9.17, 15) is 9.59 Å². The zero-order valence-electron chi connectivity index (χ0n) is 14.4. The number of amides is 1. The van der Waals surface area contributed by atoms with Crippen molar-refractivity contribution in [3.05, 3.63) is 48.2 Å². The van der Waals surface area contributed by atoms with Gasteiger partial charge in [0.05, 0.1) is 11.9 Å². The normalized spacial score (nSPS) is 14.8. The van der Waals surface area contributed by atoms with E-state index in [1.807, 2.05) is 24.3 Å². The molecule has 3 rings (SSSR count). The largest absolute Gasteiger partial charge is 0.340 e. The summed E-state index contributed by atoms with van der Waals surface area (Å²) in [5.41, 5.74) is 2.25. The third-order valence-electron chi connectivity index (χ3n) is 4.57. The average Bonchev–Trinajstić information content (AvgIpc) is 2.64. The Morgan fingerprint density at radius 2 is 1.64 bits per heavy atom. The zero-order chi connectivity index (χ0) is 17.6. The molecule has 1 aromatic carbocycles. The maximum absolute atomic E-state index is 12.2. The Bertz CT molecular complexity index is 733. The molecule has 0 atom stereocenters. The number of carbonyl (C=O) groups is 2. The molecule has 5 nitrogen and oxygen atoms in total. The predicted octanol–water partition coefficient (Wildman–Crippen LogP) is 4.55. The van der Waals surface area contributed by atoms with E-state index in [1.165, 1.54) is 6.42 Å². The van der Waals surface area contributed by atoms with Crippen LogP contribution in [0.25, 0.3) is 0 Å². The fourth-order valence-electron chi connectivity index (χ4n) is 3.09. The van der Waals surface area contributed by atoms with Gasteiger partial charge in [0.25, 0.3) is 0 Å². The van der Waals surface area contributed by atoms with E-state index in [0.717, 1.165) is 31.4 Å². The lowest BCUT2D eigenvalue weighted by atomic mass is 9.88. The fourth-order valence-corrected chi connectivity index (χ4v) is 3.09. The van der Waals surface area contributed by atoms with Crippen LogP contribution in [0.15, 0.2) is 42.6 Å². The summed E-state index contributed by atoms with van der Waals surface area (Å²) in [6.07, 6.45) is 7.14. The van der Waals surface area contributed by atoms with Crippen molar-refractivity contribution < 1.29 is 9.59 Å². The Labute approximate surface area is 147 Å². The minimum absolute atomic E-state index is 0.0442. The molecule has 130 valence electrons. The monoisotopic (exact) mass is 337 g/mol. The first-order valence-electron chi connectivity index (χ1n) is 8.77. The first-order chi connectivity index (χ1) is 12.1. The van der Waals surface area contributed by atoms with Gasteiger partial charge in [0, 0.05) is 17.2 Å². The SMILES string of the molecule is CC(=O)c1ccc(Nc2ccc(NC(=O)C3CCCCC3)cn2)cc1. The molecule has 0 unspecified atom stereocenters. The van der Waals surface area contributed by atoms with Gasteiger partial charge in [-0.1, -0.05) is 19.3 Å². The second-order valence-corrected chi connectivity index (χ2v) is 6.51. The van der Waals surface area contributed by atoms with Crippen molar-refractivity contribution in [1.82, 2.24) is 4.98 Å². The number of Topliss-reactive ketones (excluding diaryl/α,β-unsaturated/α-hetero) is 1. The van der Waals surface area contributed by atoms with Gasteiger partial charge in [0.1, 0.15) is 5.82 Å². The van der Waals surface area contributed by atoms with Crippen LogP contribution in [0.5, 0.6) is 0 Å². The topological polar surface area (TPSA) is 71.1 Å². The molecule has 0 saturated heterocycles. The van der Waals surface area contributed by atoms with Gasteiger partial charge in [0.15, 0.2) is 5.78 Å². The highest BCUT2D eigenvalue weighted by Crippen LogP contribution is 2.25. The Morgan fingerprint density at radius 3 is 2.24 bits per heavy atom. The Balaban J connectivity index is 1.58. The Morgan fingerprint density at radius 1 is 0.960 bits per heavy atom. The van der Waals surface area contributed by atoms with Crippen LogP contribution in [0.4, 0.5) is 17.2 Å². The highest BCUT2D eigenvalue weighted by molar-refractivity contribution is 5.94. The van der Waals surface area contributed by atoms with Crippen LogP contribution >= 0.6 is 0 Å². The number of hydrogen-bond acceptors (Lipinski definition) is 4. The van der Waals surface area contributed by atoms with Crippen molar-refractivity contribution in [2.24, 2.45) is 5.92 Å². The summed E-state index contributed by atoms with van der Waals surface area (Å²) in [6.45, 7) is 1.55. The van der Waals surface area contributed by atoms with Crippen LogP contribution in [0.1, 0.15) is 49.4 Å². The van der Waals surface area contributed by atoms with Crippen LogP contribution in [0.3, 0.4) is 0 Å². The first-order valence-corrected chi connectivity index (χ1v) is 8.77. The Hall–Kier alpha value is -2.69. The molecule has 1 aromatic heterocycles. The van der Waals surface area contributed by atoms with Crippen LogP contribution in [-0.2, 0) is 4.79 Å². The standard InChI is InChI=1S/C20H23N3O2/c1-14(24)15-7-9-17(10-8-15)22-19-12-11-18(13-21-19)23-20(25)16-5-3-2-4-6-16/h7-13,16H,2-6H2,1H3,(H,21,22)(H,23,25). The number of nitrogens with one attached hydrogen (secondary N) is 2. The van der Waals surface area contributed by atoms with Crippen molar-refractivity contribution in [1.29, 1.82) is 0 Å². The molecule has 2 aromatic rings. The molecule has 1 amide bonds. The molecule has 5 heteroatoms. The molecule has 0 aliphatic heterocycles. The molecule has 1 heterocycles. The van der Waals surface area contributed by atoms with Crippen LogP contribution in [-0.4, -0.2) is 16.7 Å². The molecule has 1 saturated carbocycles. The summed E-state index contributed by atoms with van der Waals surface area (Å²) in [6, 6.07) is 10.9. The van der Waals surface area contributed by atoms with Crippen molar-refractivity contribution >= 4 is 28.9 Å². The lowest BCUT2D eigenvalue weighted by Gasteiger charge is -2.20. The lowest BCUT2D eigenvalue weighted by Crippen LogP contribution is -2.24. The van der Waals surface area contributed by atoms with Gasteiger partial charge in [-0.3, -0.25) is 9.59 Å². The second kappa shape index (κ2) is 7.92. The number of pyridine rings is 1. The number of aromatic nitrogens is 1. The molecule has 1 fully saturated rings. The number of rotatable bonds is 5. The van der Waals surface area contributed by atoms with E-state index >= 15 is 0 Å². The van der Waals surface area contributed by atoms with Crippen molar-refractivity contribution in [3.63, 3.8) is 0 Å². The average molecular weight is 337 g/mol. The van der Waals surface area contributed by atoms with Crippen LogP contribution in [0.2, 0.25) is 0 Å². The zero-order valence-corrected chi connectivity index (χ0v) is 14.4. The number of ketones is 1. The van der Waals surface area contributed by atoms with Crippen molar-refractivity contribution in [2.45, 2.75) is 39.0 Å². The minimum atomic E-state index is 0.0442. The molecular weight excluding hydrogens is 314 g/mol. The predicted molar refractivity (Wildman–Crippen MR) is 99.2 cm³/mol. The van der Waals surface area contributed by atoms with Gasteiger partial charge in [-0.15, -0.1) is 0 Å². The van der Waals surface area contributed by atoms with E-state index < -0.39 is 0 Å². The summed E-state index contributed by atoms with van der Waals surface area (Å²) >= 11 is 0. The van der Waals surface area contributed by atoms with E-state index in [-0.39, 0.29) is 17.6 Å². The second-order valence-electron chi connectivity index (χ2n) is 6.51. The van der Waals surface area contributed by atoms with E-state index in [0.29, 0.717) is 17.1 Å². The highest BCUT2D eigenvalue weighted by atomic mass is 16.2. The maximum atomic E-state index is 12.2. The van der Waals surface area contributed by atoms with Crippen LogP contribution < -0.4 is 10.6 Å². The number of hydrogen-bond donors (Lipinski definition) is 2. The van der Waals surface area contributed by atoms with E-state index in [2.05, 4.69) is 15.6 Å². The van der Waals surface area contributed by atoms with Gasteiger partial charge >= 0.3 is 0 Å². The summed E-state index contributed by atoms with van der Waals surface area (Å²) in [7, 11) is 0. The maximum Gasteiger partial charge on any atom is 0.227 e. The number of carbonyl (C=O) groups excluding carboxylic acids is 2. The number of anilines is 3. The van der Waals surface area contributed by atoms with Crippen molar-refractivity contribution in [3.8, 4) is 0 Å². The van der Waals surface area contributed by atoms with Gasteiger partial charge in [-0.2, -0.15) is 0 Å². The molecule has 1 aliphatic rings. The third-order valence-corrected chi connectivity index (χ3v) is 4.57. The Kier molecular flexibility index (Phi) is 5.43. The molecule has 1 aliphatic carbocycles.